The minimum Gasteiger partial charge on any atom is -0.497 e. The van der Waals surface area contributed by atoms with E-state index in [1.54, 1.807) is 7.11 Å². The number of fused-ring (bicyclic) bond motifs is 1. The van der Waals surface area contributed by atoms with Crippen molar-refractivity contribution in [2.75, 3.05) is 20.2 Å². The highest BCUT2D eigenvalue weighted by Crippen LogP contribution is 2.33. The van der Waals surface area contributed by atoms with Crippen molar-refractivity contribution in [2.24, 2.45) is 0 Å². The van der Waals surface area contributed by atoms with Gasteiger partial charge in [0.25, 0.3) is 0 Å². The van der Waals surface area contributed by atoms with Crippen LogP contribution >= 0.6 is 0 Å². The molecule has 1 aromatic heterocycles. The van der Waals surface area contributed by atoms with Crippen molar-refractivity contribution in [3.8, 4) is 5.75 Å². The maximum Gasteiger partial charge on any atom is 0.119 e. The molecule has 1 saturated heterocycles. The fourth-order valence-corrected chi connectivity index (χ4v) is 2.65. The molecule has 0 spiro atoms. The smallest absolute Gasteiger partial charge is 0.119 e. The topological polar surface area (TPSA) is 39.1 Å². The molecule has 1 aliphatic heterocycles. The highest BCUT2D eigenvalue weighted by molar-refractivity contribution is 5.85. The number of rotatable bonds is 2. The first-order valence-electron chi connectivity index (χ1n) is 6.17. The van der Waals surface area contributed by atoms with Crippen molar-refractivity contribution in [2.45, 2.75) is 18.8 Å². The number of aromatic nitrogens is 1. The molecule has 3 nitrogen and oxygen atoms in total. The Morgan fingerprint density at radius 3 is 2.88 bits per heavy atom. The zero-order valence-electron chi connectivity index (χ0n) is 10.1. The molecule has 17 heavy (non-hydrogen) atoms. The molecule has 0 aliphatic carbocycles. The average molecular weight is 229 g/mol. The summed E-state index contributed by atoms with van der Waals surface area (Å²) in [6, 6.07) is 6.22. The molecule has 0 unspecified atom stereocenters. The molecule has 89 valence electrons. The third kappa shape index (κ3) is 1.91. The quantitative estimate of drug-likeness (QED) is 0.844. The predicted octanol–water partition coefficient (Wildman–Crippen LogP) is 2.66. The molecule has 0 saturated carbocycles. The second-order valence-electron chi connectivity index (χ2n) is 4.60. The van der Waals surface area contributed by atoms with Crippen molar-refractivity contribution in [3.63, 3.8) is 0 Å². The summed E-state index contributed by atoms with van der Waals surface area (Å²) < 4.78 is 5.30. The second-order valence-corrected chi connectivity index (χ2v) is 4.60. The van der Waals surface area contributed by atoms with Crippen LogP contribution < -0.4 is 10.1 Å². The van der Waals surface area contributed by atoms with E-state index in [0.717, 1.165) is 18.8 Å². The lowest BCUT2D eigenvalue weighted by atomic mass is 9.90. The summed E-state index contributed by atoms with van der Waals surface area (Å²) in [7, 11) is 1.72. The van der Waals surface area contributed by atoms with E-state index in [4.69, 9.17) is 4.74 Å². The average Bonchev–Trinajstić information content (AvgIpc) is 2.82. The lowest BCUT2D eigenvalue weighted by Gasteiger charge is -2.21. The Morgan fingerprint density at radius 1 is 1.29 bits per heavy atom. The van der Waals surface area contributed by atoms with Crippen molar-refractivity contribution >= 4 is 10.9 Å². The van der Waals surface area contributed by atoms with Crippen LogP contribution in [0, 0.1) is 0 Å². The zero-order valence-corrected chi connectivity index (χ0v) is 10.1. The predicted molar refractivity (Wildman–Crippen MR) is 68.7 cm³/mol. The normalized spacial score (nSPS) is 17.5. The lowest BCUT2D eigenvalue weighted by Crippen LogP contribution is -2.20. The summed E-state index contributed by atoms with van der Waals surface area (Å²) in [6.07, 6.45) is 4.49. The maximum atomic E-state index is 5.30. The van der Waals surface area contributed by atoms with E-state index in [1.807, 2.05) is 6.07 Å². The van der Waals surface area contributed by atoms with Crippen LogP contribution in [-0.2, 0) is 0 Å². The van der Waals surface area contributed by atoms with Gasteiger partial charge >= 0.3 is 0 Å². The number of hydrogen-bond donors (Lipinski definition) is 1. The van der Waals surface area contributed by atoms with E-state index >= 15 is 0 Å². The van der Waals surface area contributed by atoms with E-state index in [1.165, 1.54) is 29.3 Å². The third-order valence-electron chi connectivity index (χ3n) is 3.63. The molecule has 0 amide bonds. The summed E-state index contributed by atoms with van der Waals surface area (Å²) >= 11 is 0. The molecule has 3 rings (SSSR count). The number of ether oxygens (including phenoxy) is 1. The molecule has 3 heteroatoms. The monoisotopic (exact) mass is 229 g/mol. The lowest BCUT2D eigenvalue weighted by molar-refractivity contribution is 0.415. The largest absolute Gasteiger partial charge is 0.497 e. The summed E-state index contributed by atoms with van der Waals surface area (Å²) in [6.45, 7) is 2.00. The minimum absolute atomic E-state index is 0.647. The first-order valence-corrected chi connectivity index (χ1v) is 6.17. The Morgan fingerprint density at radius 2 is 2.12 bits per heavy atom. The number of benzene rings is 1. The van der Waals surface area contributed by atoms with Gasteiger partial charge in [0.1, 0.15) is 5.75 Å². The Bertz CT molecular complexity index is 512. The van der Waals surface area contributed by atoms with Crippen molar-refractivity contribution in [1.82, 2.24) is 10.3 Å². The number of nitrogens with one attached hydrogen (secondary N) is 1. The van der Waals surface area contributed by atoms with Gasteiger partial charge in [-0.25, -0.2) is 5.32 Å². The van der Waals surface area contributed by atoms with Crippen molar-refractivity contribution in [1.29, 1.82) is 0 Å². The van der Waals surface area contributed by atoms with Crippen molar-refractivity contribution < 1.29 is 4.74 Å². The van der Waals surface area contributed by atoms with E-state index < -0.39 is 0 Å². The molecule has 1 N–H and O–H groups in total. The number of H-pyrrole nitrogens is 1. The molecule has 0 atom stereocenters. The second kappa shape index (κ2) is 4.41. The fraction of sp³-hybridized carbons (Fsp3) is 0.429. The first kappa shape index (κ1) is 10.7. The number of methoxy groups -OCH3 is 1. The third-order valence-corrected chi connectivity index (χ3v) is 3.63. The van der Waals surface area contributed by atoms with Crippen LogP contribution in [0.4, 0.5) is 0 Å². The number of hydrogen-bond acceptors (Lipinski definition) is 1. The van der Waals surface area contributed by atoms with Crippen LogP contribution in [0.2, 0.25) is 0 Å². The van der Waals surface area contributed by atoms with E-state index in [2.05, 4.69) is 28.6 Å². The number of nitrogens with zero attached hydrogens (tertiary/aromatic N) is 1. The molecule has 2 heterocycles. The molecule has 1 aliphatic rings. The summed E-state index contributed by atoms with van der Waals surface area (Å²) in [5.41, 5.74) is 2.62. The Hall–Kier alpha value is -1.48. The van der Waals surface area contributed by atoms with Crippen LogP contribution in [0.15, 0.2) is 24.4 Å². The van der Waals surface area contributed by atoms with Gasteiger partial charge < -0.3 is 9.72 Å². The SMILES string of the molecule is COc1ccc2[nH]cc(C3CC[N]CC3)c2c1. The van der Waals surface area contributed by atoms with E-state index in [9.17, 15) is 0 Å². The zero-order chi connectivity index (χ0) is 11.7. The summed E-state index contributed by atoms with van der Waals surface area (Å²) in [5, 5.41) is 5.72. The highest BCUT2D eigenvalue weighted by Gasteiger charge is 2.19. The first-order chi connectivity index (χ1) is 8.38. The van der Waals surface area contributed by atoms with Crippen LogP contribution in [0.5, 0.6) is 5.75 Å². The minimum atomic E-state index is 0.647. The van der Waals surface area contributed by atoms with Gasteiger partial charge in [-0.2, -0.15) is 0 Å². The summed E-state index contributed by atoms with van der Waals surface area (Å²) in [4.78, 5) is 3.35. The van der Waals surface area contributed by atoms with Gasteiger partial charge in [-0.05, 0) is 42.5 Å². The standard InChI is InChI=1S/C14H17N2O/c1-17-11-2-3-14-12(8-11)13(9-16-14)10-4-6-15-7-5-10/h2-3,8-10,16H,4-7H2,1H3. The molecular weight excluding hydrogens is 212 g/mol. The van der Waals surface area contributed by atoms with E-state index in [-0.39, 0.29) is 0 Å². The molecular formula is C14H17N2O. The van der Waals surface area contributed by atoms with Gasteiger partial charge in [-0.1, -0.05) is 0 Å². The van der Waals surface area contributed by atoms with Gasteiger partial charge in [0, 0.05) is 30.2 Å². The van der Waals surface area contributed by atoms with Crippen LogP contribution in [0.1, 0.15) is 24.3 Å². The summed E-state index contributed by atoms with van der Waals surface area (Å²) in [5.74, 6) is 1.58. The van der Waals surface area contributed by atoms with Gasteiger partial charge in [0.05, 0.1) is 7.11 Å². The molecule has 1 aromatic carbocycles. The number of piperidine rings is 1. The van der Waals surface area contributed by atoms with Crippen LogP contribution in [0.25, 0.3) is 10.9 Å². The molecule has 0 bridgehead atoms. The van der Waals surface area contributed by atoms with Gasteiger partial charge in [-0.15, -0.1) is 0 Å². The van der Waals surface area contributed by atoms with Gasteiger partial charge in [0.2, 0.25) is 0 Å². The Balaban J connectivity index is 2.02. The fourth-order valence-electron chi connectivity index (χ4n) is 2.65. The highest BCUT2D eigenvalue weighted by atomic mass is 16.5. The van der Waals surface area contributed by atoms with E-state index in [0.29, 0.717) is 5.92 Å². The number of aromatic amines is 1. The molecule has 1 radical (unpaired) electrons. The molecule has 1 fully saturated rings. The van der Waals surface area contributed by atoms with Crippen LogP contribution in [0.3, 0.4) is 0 Å². The van der Waals surface area contributed by atoms with Crippen LogP contribution in [-0.4, -0.2) is 25.2 Å². The van der Waals surface area contributed by atoms with Gasteiger partial charge in [-0.3, -0.25) is 0 Å². The maximum absolute atomic E-state index is 5.30. The Kier molecular flexibility index (Phi) is 2.77. The Labute approximate surface area is 101 Å². The van der Waals surface area contributed by atoms with Crippen molar-refractivity contribution in [3.05, 3.63) is 30.0 Å². The van der Waals surface area contributed by atoms with Gasteiger partial charge in [0.15, 0.2) is 0 Å². The molecule has 2 aromatic rings.